The molecule has 136 valence electrons. The van der Waals surface area contributed by atoms with Gasteiger partial charge in [-0.25, -0.2) is 13.1 Å². The van der Waals surface area contributed by atoms with E-state index in [1.165, 1.54) is 19.2 Å². The molecular weight excluding hydrogens is 354 g/mol. The summed E-state index contributed by atoms with van der Waals surface area (Å²) in [5, 5.41) is 3.22. The van der Waals surface area contributed by atoms with E-state index in [0.29, 0.717) is 12.1 Å². The van der Waals surface area contributed by atoms with Crippen molar-refractivity contribution in [1.29, 1.82) is 0 Å². The van der Waals surface area contributed by atoms with E-state index in [1.54, 1.807) is 17.0 Å². The molecule has 0 radical (unpaired) electrons. The Morgan fingerprint density at radius 3 is 2.88 bits per heavy atom. The lowest BCUT2D eigenvalue weighted by Crippen LogP contribution is -2.52. The molecule has 1 aliphatic heterocycles. The normalized spacial score (nSPS) is 18.1. The van der Waals surface area contributed by atoms with Crippen molar-refractivity contribution in [3.63, 3.8) is 0 Å². The Labute approximate surface area is 149 Å². The zero-order valence-electron chi connectivity index (χ0n) is 13.8. The molecule has 0 saturated carbocycles. The maximum Gasteiger partial charge on any atom is 0.254 e. The van der Waals surface area contributed by atoms with Crippen molar-refractivity contribution in [2.45, 2.75) is 17.9 Å². The van der Waals surface area contributed by atoms with Crippen LogP contribution in [0.25, 0.3) is 0 Å². The maximum atomic E-state index is 12.6. The second-order valence-corrected chi connectivity index (χ2v) is 7.24. The molecule has 1 aliphatic rings. The first-order valence-electron chi connectivity index (χ1n) is 7.56. The largest absolute Gasteiger partial charge is 0.383 e. The number of piperazine rings is 1. The van der Waals surface area contributed by atoms with Gasteiger partial charge < -0.3 is 15.0 Å². The number of rotatable bonds is 6. The van der Waals surface area contributed by atoms with Gasteiger partial charge in [-0.05, 0) is 25.1 Å². The number of hydrogen-bond acceptors (Lipinski definition) is 5. The Kier molecular flexibility index (Phi) is 8.11. The summed E-state index contributed by atoms with van der Waals surface area (Å²) >= 11 is 0. The zero-order valence-corrected chi connectivity index (χ0v) is 15.5. The van der Waals surface area contributed by atoms with E-state index < -0.39 is 10.0 Å². The van der Waals surface area contributed by atoms with Crippen LogP contribution in [0.1, 0.15) is 17.3 Å². The predicted molar refractivity (Wildman–Crippen MR) is 94.1 cm³/mol. The fourth-order valence-corrected chi connectivity index (χ4v) is 3.52. The number of methoxy groups -OCH3 is 1. The molecule has 1 fully saturated rings. The molecule has 0 spiro atoms. The fraction of sp³-hybridized carbons (Fsp3) is 0.533. The van der Waals surface area contributed by atoms with E-state index in [-0.39, 0.29) is 42.4 Å². The molecule has 24 heavy (non-hydrogen) atoms. The standard InChI is InChI=1S/C15H23N3O4S.ClH/c1-12-11-16-6-8-18(12)15(19)13-4-3-5-14(10-13)23(20,21)17-7-9-22-2;/h3-5,10,12,16-17H,6-9,11H2,1-2H3;1H/t12-;/m1./s1. The third-order valence-corrected chi connectivity index (χ3v) is 5.21. The molecule has 2 N–H and O–H groups in total. The van der Waals surface area contributed by atoms with Gasteiger partial charge in [-0.1, -0.05) is 6.07 Å². The van der Waals surface area contributed by atoms with E-state index in [1.807, 2.05) is 6.92 Å². The number of halogens is 1. The highest BCUT2D eigenvalue weighted by Gasteiger charge is 2.25. The first kappa shape index (κ1) is 20.9. The first-order valence-corrected chi connectivity index (χ1v) is 9.04. The van der Waals surface area contributed by atoms with Crippen molar-refractivity contribution in [1.82, 2.24) is 14.9 Å². The summed E-state index contributed by atoms with van der Waals surface area (Å²) in [5.74, 6) is -0.145. The van der Waals surface area contributed by atoms with Gasteiger partial charge in [0.15, 0.2) is 0 Å². The van der Waals surface area contributed by atoms with Crippen molar-refractivity contribution in [2.24, 2.45) is 0 Å². The van der Waals surface area contributed by atoms with Gasteiger partial charge in [0.2, 0.25) is 10.0 Å². The second kappa shape index (κ2) is 9.33. The summed E-state index contributed by atoms with van der Waals surface area (Å²) < 4.78 is 31.7. The van der Waals surface area contributed by atoms with Crippen molar-refractivity contribution < 1.29 is 17.9 Å². The Balaban J connectivity index is 0.00000288. The van der Waals surface area contributed by atoms with Gasteiger partial charge in [-0.3, -0.25) is 4.79 Å². The summed E-state index contributed by atoms with van der Waals surface area (Å²) in [7, 11) is -2.14. The summed E-state index contributed by atoms with van der Waals surface area (Å²) in [5.41, 5.74) is 0.383. The zero-order chi connectivity index (χ0) is 16.9. The minimum atomic E-state index is -3.65. The van der Waals surface area contributed by atoms with Crippen LogP contribution in [-0.4, -0.2) is 65.2 Å². The Morgan fingerprint density at radius 2 is 2.21 bits per heavy atom. The molecule has 1 heterocycles. The number of hydrogen-bond donors (Lipinski definition) is 2. The molecule has 2 rings (SSSR count). The SMILES string of the molecule is COCCNS(=O)(=O)c1cccc(C(=O)N2CCNC[C@H]2C)c1.Cl. The van der Waals surface area contributed by atoms with Crippen LogP contribution in [0, 0.1) is 0 Å². The second-order valence-electron chi connectivity index (χ2n) is 5.47. The number of amides is 1. The molecule has 0 aromatic heterocycles. The smallest absolute Gasteiger partial charge is 0.254 e. The van der Waals surface area contributed by atoms with E-state index in [4.69, 9.17) is 4.74 Å². The number of ether oxygens (including phenoxy) is 1. The molecule has 1 atom stereocenters. The lowest BCUT2D eigenvalue weighted by molar-refractivity contribution is 0.0655. The molecule has 0 aliphatic carbocycles. The maximum absolute atomic E-state index is 12.6. The molecule has 0 bridgehead atoms. The molecular formula is C15H24ClN3O4S. The summed E-state index contributed by atoms with van der Waals surface area (Å²) in [6, 6.07) is 6.21. The van der Waals surface area contributed by atoms with Crippen LogP contribution in [0.5, 0.6) is 0 Å². The number of nitrogens with one attached hydrogen (secondary N) is 2. The van der Waals surface area contributed by atoms with Gasteiger partial charge in [-0.15, -0.1) is 12.4 Å². The lowest BCUT2D eigenvalue weighted by atomic mass is 10.1. The van der Waals surface area contributed by atoms with Gasteiger partial charge in [0, 0.05) is 44.9 Å². The van der Waals surface area contributed by atoms with E-state index in [9.17, 15) is 13.2 Å². The summed E-state index contributed by atoms with van der Waals surface area (Å²) in [6.45, 7) is 4.54. The molecule has 7 nitrogen and oxygen atoms in total. The van der Waals surface area contributed by atoms with Crippen LogP contribution in [0.15, 0.2) is 29.2 Å². The first-order chi connectivity index (χ1) is 11.0. The molecule has 1 amide bonds. The molecule has 1 aromatic carbocycles. The third kappa shape index (κ3) is 5.15. The lowest BCUT2D eigenvalue weighted by Gasteiger charge is -2.34. The molecule has 0 unspecified atom stereocenters. The predicted octanol–water partition coefficient (Wildman–Crippen LogP) is 0.467. The Hall–Kier alpha value is -1.19. The van der Waals surface area contributed by atoms with Crippen LogP contribution in [0.2, 0.25) is 0 Å². The summed E-state index contributed by atoms with van der Waals surface area (Å²) in [6.07, 6.45) is 0. The quantitative estimate of drug-likeness (QED) is 0.703. The van der Waals surface area contributed by atoms with Crippen LogP contribution in [0.4, 0.5) is 0 Å². The number of carbonyl (C=O) groups is 1. The van der Waals surface area contributed by atoms with Gasteiger partial charge in [0.1, 0.15) is 0 Å². The van der Waals surface area contributed by atoms with Gasteiger partial charge in [0.05, 0.1) is 11.5 Å². The minimum Gasteiger partial charge on any atom is -0.383 e. The van der Waals surface area contributed by atoms with Crippen LogP contribution in [0.3, 0.4) is 0 Å². The van der Waals surface area contributed by atoms with Gasteiger partial charge >= 0.3 is 0 Å². The average molecular weight is 378 g/mol. The number of carbonyl (C=O) groups excluding carboxylic acids is 1. The highest BCUT2D eigenvalue weighted by atomic mass is 35.5. The molecule has 9 heteroatoms. The topological polar surface area (TPSA) is 87.7 Å². The minimum absolute atomic E-state index is 0. The van der Waals surface area contributed by atoms with Crippen molar-refractivity contribution in [3.05, 3.63) is 29.8 Å². The number of benzene rings is 1. The van der Waals surface area contributed by atoms with Crippen molar-refractivity contribution >= 4 is 28.3 Å². The highest BCUT2D eigenvalue weighted by molar-refractivity contribution is 7.89. The molecule has 1 aromatic rings. The molecule has 1 saturated heterocycles. The monoisotopic (exact) mass is 377 g/mol. The summed E-state index contributed by atoms with van der Waals surface area (Å²) in [4.78, 5) is 14.5. The van der Waals surface area contributed by atoms with E-state index in [0.717, 1.165) is 13.1 Å². The Bertz CT molecular complexity index is 654. The van der Waals surface area contributed by atoms with Gasteiger partial charge in [0.25, 0.3) is 5.91 Å². The number of nitrogens with zero attached hydrogens (tertiary/aromatic N) is 1. The van der Waals surface area contributed by atoms with Crippen molar-refractivity contribution in [3.8, 4) is 0 Å². The average Bonchev–Trinajstić information content (AvgIpc) is 2.55. The van der Waals surface area contributed by atoms with Gasteiger partial charge in [-0.2, -0.15) is 0 Å². The van der Waals surface area contributed by atoms with E-state index in [2.05, 4.69) is 10.0 Å². The van der Waals surface area contributed by atoms with Crippen LogP contribution in [-0.2, 0) is 14.8 Å². The highest BCUT2D eigenvalue weighted by Crippen LogP contribution is 2.15. The fourth-order valence-electron chi connectivity index (χ4n) is 2.47. The van der Waals surface area contributed by atoms with E-state index >= 15 is 0 Å². The number of sulfonamides is 1. The third-order valence-electron chi connectivity index (χ3n) is 3.75. The van der Waals surface area contributed by atoms with Crippen LogP contribution < -0.4 is 10.0 Å². The van der Waals surface area contributed by atoms with Crippen LogP contribution >= 0.6 is 12.4 Å². The van der Waals surface area contributed by atoms with Crippen molar-refractivity contribution in [2.75, 3.05) is 39.9 Å². The Morgan fingerprint density at radius 1 is 1.46 bits per heavy atom.